The second-order valence-corrected chi connectivity index (χ2v) is 5.74. The van der Waals surface area contributed by atoms with Crippen molar-refractivity contribution in [3.05, 3.63) is 59.2 Å². The number of rotatable bonds is 5. The minimum absolute atomic E-state index is 0.0445. The van der Waals surface area contributed by atoms with Crippen molar-refractivity contribution in [1.82, 2.24) is 24.9 Å². The fraction of sp³-hybridized carbons (Fsp3) is 0.294. The van der Waals surface area contributed by atoms with Gasteiger partial charge in [0, 0.05) is 24.4 Å². The molecule has 0 aliphatic carbocycles. The summed E-state index contributed by atoms with van der Waals surface area (Å²) in [5, 5.41) is 16.9. The van der Waals surface area contributed by atoms with Crippen molar-refractivity contribution < 1.29 is 9.90 Å². The van der Waals surface area contributed by atoms with Gasteiger partial charge in [-0.1, -0.05) is 30.3 Å². The van der Waals surface area contributed by atoms with E-state index in [-0.39, 0.29) is 12.4 Å². The zero-order valence-electron chi connectivity index (χ0n) is 13.6. The molecule has 1 atom stereocenters. The molecule has 0 fully saturated rings. The number of fused-ring (bicyclic) bond motifs is 1. The number of aromatic nitrogens is 4. The number of carbonyl (C=O) groups excluding carboxylic acids is 1. The first-order chi connectivity index (χ1) is 11.5. The van der Waals surface area contributed by atoms with Crippen LogP contribution in [0.25, 0.3) is 5.78 Å². The minimum Gasteiger partial charge on any atom is -0.391 e. The molecule has 0 saturated carbocycles. The van der Waals surface area contributed by atoms with Crippen molar-refractivity contribution >= 4 is 11.7 Å². The van der Waals surface area contributed by atoms with Gasteiger partial charge in [0.1, 0.15) is 0 Å². The van der Waals surface area contributed by atoms with Gasteiger partial charge in [0.15, 0.2) is 0 Å². The Morgan fingerprint density at radius 2 is 2.00 bits per heavy atom. The van der Waals surface area contributed by atoms with E-state index in [2.05, 4.69) is 20.4 Å². The summed E-state index contributed by atoms with van der Waals surface area (Å²) in [6.45, 7) is 3.87. The van der Waals surface area contributed by atoms with Gasteiger partial charge in [-0.25, -0.2) is 9.50 Å². The van der Waals surface area contributed by atoms with Crippen LogP contribution in [-0.4, -0.2) is 43.2 Å². The van der Waals surface area contributed by atoms with E-state index in [0.717, 1.165) is 17.0 Å². The summed E-state index contributed by atoms with van der Waals surface area (Å²) in [5.41, 5.74) is 2.69. The molecule has 1 unspecified atom stereocenters. The van der Waals surface area contributed by atoms with Crippen LogP contribution in [0.4, 0.5) is 0 Å². The zero-order chi connectivity index (χ0) is 17.1. The Kier molecular flexibility index (Phi) is 4.52. The highest BCUT2D eigenvalue weighted by molar-refractivity contribution is 5.90. The molecule has 7 heteroatoms. The topological polar surface area (TPSA) is 92.4 Å². The van der Waals surface area contributed by atoms with Gasteiger partial charge < -0.3 is 10.4 Å². The van der Waals surface area contributed by atoms with Gasteiger partial charge in [-0.2, -0.15) is 4.98 Å². The number of carbonyl (C=O) groups is 1. The number of aryl methyl sites for hydroxylation is 2. The number of benzene rings is 1. The smallest absolute Gasteiger partial charge is 0.291 e. The van der Waals surface area contributed by atoms with E-state index in [9.17, 15) is 9.90 Å². The van der Waals surface area contributed by atoms with Crippen LogP contribution in [0.15, 0.2) is 36.4 Å². The lowest BCUT2D eigenvalue weighted by Crippen LogP contribution is -2.33. The number of aliphatic hydroxyl groups is 1. The average Bonchev–Trinajstić information content (AvgIpc) is 2.98. The van der Waals surface area contributed by atoms with Gasteiger partial charge in [-0.15, -0.1) is 5.10 Å². The lowest BCUT2D eigenvalue weighted by atomic mass is 10.1. The second-order valence-electron chi connectivity index (χ2n) is 5.74. The molecule has 0 aliphatic heterocycles. The first kappa shape index (κ1) is 16.1. The number of hydrogen-bond donors (Lipinski definition) is 2. The van der Waals surface area contributed by atoms with E-state index in [0.29, 0.717) is 12.2 Å². The summed E-state index contributed by atoms with van der Waals surface area (Å²) in [4.78, 5) is 20.6. The number of amides is 1. The third-order valence-corrected chi connectivity index (χ3v) is 3.63. The van der Waals surface area contributed by atoms with Crippen LogP contribution < -0.4 is 5.32 Å². The molecule has 2 heterocycles. The molecule has 24 heavy (non-hydrogen) atoms. The van der Waals surface area contributed by atoms with Gasteiger partial charge in [-0.3, -0.25) is 4.79 Å². The highest BCUT2D eigenvalue weighted by atomic mass is 16.3. The van der Waals surface area contributed by atoms with E-state index in [1.807, 2.05) is 50.2 Å². The Morgan fingerprint density at radius 1 is 1.25 bits per heavy atom. The normalized spacial score (nSPS) is 12.3. The van der Waals surface area contributed by atoms with Gasteiger partial charge >= 0.3 is 0 Å². The molecule has 0 aliphatic rings. The van der Waals surface area contributed by atoms with Gasteiger partial charge in [-0.05, 0) is 25.5 Å². The van der Waals surface area contributed by atoms with E-state index < -0.39 is 12.0 Å². The van der Waals surface area contributed by atoms with Crippen molar-refractivity contribution in [1.29, 1.82) is 0 Å². The highest BCUT2D eigenvalue weighted by Gasteiger charge is 2.16. The Hall–Kier alpha value is -2.80. The maximum Gasteiger partial charge on any atom is 0.291 e. The SMILES string of the molecule is Cc1cc(C)n2nc(C(=O)NCC(O)Cc3ccccc3)nc2n1. The van der Waals surface area contributed by atoms with Crippen molar-refractivity contribution in [2.45, 2.75) is 26.4 Å². The van der Waals surface area contributed by atoms with Crippen LogP contribution in [0.5, 0.6) is 0 Å². The summed E-state index contributed by atoms with van der Waals surface area (Å²) in [5.74, 6) is 0.00950. The van der Waals surface area contributed by atoms with Crippen LogP contribution >= 0.6 is 0 Å². The standard InChI is InChI=1S/C17H19N5O2/c1-11-8-12(2)22-17(19-11)20-15(21-22)16(24)18-10-14(23)9-13-6-4-3-5-7-13/h3-8,14,23H,9-10H2,1-2H3,(H,18,24). The maximum atomic E-state index is 12.2. The van der Waals surface area contributed by atoms with E-state index in [1.165, 1.54) is 4.52 Å². The Balaban J connectivity index is 1.64. The molecule has 7 nitrogen and oxygen atoms in total. The Bertz CT molecular complexity index is 860. The van der Waals surface area contributed by atoms with Crippen LogP contribution in [0.1, 0.15) is 27.6 Å². The molecule has 0 spiro atoms. The summed E-state index contributed by atoms with van der Waals surface area (Å²) in [7, 11) is 0. The molecule has 2 aromatic heterocycles. The lowest BCUT2D eigenvalue weighted by molar-refractivity contribution is 0.0906. The molecular formula is C17H19N5O2. The number of nitrogens with one attached hydrogen (secondary N) is 1. The third-order valence-electron chi connectivity index (χ3n) is 3.63. The van der Waals surface area contributed by atoms with Crippen LogP contribution in [0, 0.1) is 13.8 Å². The molecule has 2 N–H and O–H groups in total. The van der Waals surface area contributed by atoms with Gasteiger partial charge in [0.25, 0.3) is 11.7 Å². The second kappa shape index (κ2) is 6.76. The van der Waals surface area contributed by atoms with Crippen LogP contribution in [-0.2, 0) is 6.42 Å². The fourth-order valence-corrected chi connectivity index (χ4v) is 2.51. The fourth-order valence-electron chi connectivity index (χ4n) is 2.51. The third kappa shape index (κ3) is 3.57. The molecule has 124 valence electrons. The molecule has 3 aromatic rings. The molecule has 3 rings (SSSR count). The van der Waals surface area contributed by atoms with Crippen molar-refractivity contribution in [2.24, 2.45) is 0 Å². The molecule has 1 amide bonds. The summed E-state index contributed by atoms with van der Waals surface area (Å²) in [6, 6.07) is 11.5. The first-order valence-corrected chi connectivity index (χ1v) is 7.74. The monoisotopic (exact) mass is 325 g/mol. The summed E-state index contributed by atoms with van der Waals surface area (Å²) in [6.07, 6.45) is -0.199. The van der Waals surface area contributed by atoms with E-state index >= 15 is 0 Å². The van der Waals surface area contributed by atoms with Crippen LogP contribution in [0.2, 0.25) is 0 Å². The molecular weight excluding hydrogens is 306 g/mol. The number of nitrogens with zero attached hydrogens (tertiary/aromatic N) is 4. The quantitative estimate of drug-likeness (QED) is 0.732. The van der Waals surface area contributed by atoms with E-state index in [1.54, 1.807) is 0 Å². The minimum atomic E-state index is -0.671. The molecule has 0 saturated heterocycles. The summed E-state index contributed by atoms with van der Waals surface area (Å²) >= 11 is 0. The highest BCUT2D eigenvalue weighted by Crippen LogP contribution is 2.06. The largest absolute Gasteiger partial charge is 0.391 e. The maximum absolute atomic E-state index is 12.2. The van der Waals surface area contributed by atoms with Crippen molar-refractivity contribution in [3.8, 4) is 0 Å². The number of hydrogen-bond acceptors (Lipinski definition) is 5. The zero-order valence-corrected chi connectivity index (χ0v) is 13.6. The Morgan fingerprint density at radius 3 is 2.75 bits per heavy atom. The van der Waals surface area contributed by atoms with Gasteiger partial charge in [0.05, 0.1) is 6.10 Å². The number of aliphatic hydroxyl groups excluding tert-OH is 1. The molecule has 0 radical (unpaired) electrons. The van der Waals surface area contributed by atoms with Crippen molar-refractivity contribution in [3.63, 3.8) is 0 Å². The predicted octanol–water partition coefficient (Wildman–Crippen LogP) is 1.07. The molecule has 1 aromatic carbocycles. The lowest BCUT2D eigenvalue weighted by Gasteiger charge is -2.10. The van der Waals surface area contributed by atoms with Gasteiger partial charge in [0.2, 0.25) is 5.82 Å². The first-order valence-electron chi connectivity index (χ1n) is 7.74. The summed E-state index contributed by atoms with van der Waals surface area (Å²) < 4.78 is 1.53. The average molecular weight is 325 g/mol. The van der Waals surface area contributed by atoms with Crippen molar-refractivity contribution in [2.75, 3.05) is 6.54 Å². The Labute approximate surface area is 139 Å². The van der Waals surface area contributed by atoms with Crippen LogP contribution in [0.3, 0.4) is 0 Å². The predicted molar refractivity (Wildman–Crippen MR) is 88.7 cm³/mol. The van der Waals surface area contributed by atoms with E-state index in [4.69, 9.17) is 0 Å². The molecule has 0 bridgehead atoms.